The van der Waals surface area contributed by atoms with Gasteiger partial charge in [-0.25, -0.2) is 13.7 Å². The minimum Gasteiger partial charge on any atom is -0.465 e. The molecule has 0 bridgehead atoms. The standard InChI is InChI=1S/C28H37NO4S/c1-9-11-13-22(25-14-12-15-33-25)26(28(30)32-10-2)29-34(31)27-23(19(5)6)16-21(18(3)4)17-24(27)20(7)8/h12-20,26,29H,10H2,1-8H3/b22-13+/t26-,34-/m0/s1. The van der Waals surface area contributed by atoms with Gasteiger partial charge in [-0.1, -0.05) is 59.6 Å². The van der Waals surface area contributed by atoms with Gasteiger partial charge in [0.15, 0.2) is 0 Å². The molecule has 0 aliphatic rings. The molecule has 1 N–H and O–H groups in total. The first kappa shape index (κ1) is 27.6. The first-order valence-electron chi connectivity index (χ1n) is 11.8. The van der Waals surface area contributed by atoms with Crippen LogP contribution in [0.5, 0.6) is 0 Å². The van der Waals surface area contributed by atoms with Crippen LogP contribution in [-0.4, -0.2) is 22.8 Å². The van der Waals surface area contributed by atoms with Crippen LogP contribution in [0.15, 0.2) is 45.9 Å². The number of hydrogen-bond acceptors (Lipinski definition) is 4. The maximum Gasteiger partial charge on any atom is 0.328 e. The molecule has 0 unspecified atom stereocenters. The largest absolute Gasteiger partial charge is 0.465 e. The monoisotopic (exact) mass is 483 g/mol. The Balaban J connectivity index is 2.65. The number of carbonyl (C=O) groups is 1. The number of nitrogens with one attached hydrogen (secondary N) is 1. The van der Waals surface area contributed by atoms with Crippen molar-refractivity contribution in [2.45, 2.75) is 84.1 Å². The molecule has 0 aliphatic heterocycles. The van der Waals surface area contributed by atoms with E-state index < -0.39 is 23.0 Å². The minimum absolute atomic E-state index is 0.157. The van der Waals surface area contributed by atoms with E-state index in [2.05, 4.69) is 70.2 Å². The van der Waals surface area contributed by atoms with Gasteiger partial charge >= 0.3 is 5.97 Å². The Kier molecular flexibility index (Phi) is 10.3. The van der Waals surface area contributed by atoms with Crippen molar-refractivity contribution in [3.63, 3.8) is 0 Å². The van der Waals surface area contributed by atoms with Gasteiger partial charge in [-0.15, -0.1) is 5.92 Å². The lowest BCUT2D eigenvalue weighted by Gasteiger charge is -2.24. The zero-order chi connectivity index (χ0) is 25.4. The first-order valence-corrected chi connectivity index (χ1v) is 13.0. The lowest BCUT2D eigenvalue weighted by atomic mass is 9.89. The molecular formula is C28H37NO4S. The maximum absolute atomic E-state index is 13.9. The fraction of sp³-hybridized carbons (Fsp3) is 0.464. The second kappa shape index (κ2) is 12.7. The highest BCUT2D eigenvalue weighted by atomic mass is 32.2. The van der Waals surface area contributed by atoms with Gasteiger partial charge in [0.1, 0.15) is 22.8 Å². The van der Waals surface area contributed by atoms with Gasteiger partial charge in [0.25, 0.3) is 0 Å². The van der Waals surface area contributed by atoms with Gasteiger partial charge < -0.3 is 9.15 Å². The van der Waals surface area contributed by atoms with Gasteiger partial charge in [-0.2, -0.15) is 0 Å². The predicted octanol–water partition coefficient (Wildman–Crippen LogP) is 6.30. The molecule has 2 aromatic rings. The molecule has 0 saturated carbocycles. The topological polar surface area (TPSA) is 68.5 Å². The molecule has 5 nitrogen and oxygen atoms in total. The number of hydrogen-bond donors (Lipinski definition) is 1. The van der Waals surface area contributed by atoms with Crippen LogP contribution in [0.3, 0.4) is 0 Å². The second-order valence-electron chi connectivity index (χ2n) is 9.04. The Morgan fingerprint density at radius 3 is 2.18 bits per heavy atom. The summed E-state index contributed by atoms with van der Waals surface area (Å²) in [6.07, 6.45) is 3.14. The zero-order valence-corrected chi connectivity index (χ0v) is 22.3. The zero-order valence-electron chi connectivity index (χ0n) is 21.5. The summed E-state index contributed by atoms with van der Waals surface area (Å²) in [5.41, 5.74) is 3.71. The average molecular weight is 484 g/mol. The molecule has 34 heavy (non-hydrogen) atoms. The molecule has 184 valence electrons. The fourth-order valence-electron chi connectivity index (χ4n) is 3.62. The van der Waals surface area contributed by atoms with Crippen molar-refractivity contribution in [3.05, 3.63) is 59.1 Å². The molecule has 0 fully saturated rings. The van der Waals surface area contributed by atoms with E-state index in [0.29, 0.717) is 17.3 Å². The van der Waals surface area contributed by atoms with E-state index in [0.717, 1.165) is 16.0 Å². The van der Waals surface area contributed by atoms with E-state index in [-0.39, 0.29) is 18.4 Å². The molecule has 6 heteroatoms. The van der Waals surface area contributed by atoms with E-state index in [1.54, 1.807) is 32.1 Å². The molecule has 1 aromatic carbocycles. The predicted molar refractivity (Wildman–Crippen MR) is 139 cm³/mol. The molecule has 2 rings (SSSR count). The molecule has 0 amide bonds. The summed E-state index contributed by atoms with van der Waals surface area (Å²) < 4.78 is 27.9. The number of rotatable bonds is 10. The quantitative estimate of drug-likeness (QED) is 0.318. The van der Waals surface area contributed by atoms with E-state index in [4.69, 9.17) is 9.15 Å². The smallest absolute Gasteiger partial charge is 0.328 e. The van der Waals surface area contributed by atoms with E-state index in [1.807, 2.05) is 0 Å². The van der Waals surface area contributed by atoms with Crippen LogP contribution in [0.1, 0.15) is 95.6 Å². The highest BCUT2D eigenvalue weighted by molar-refractivity contribution is 7.83. The maximum atomic E-state index is 13.9. The highest BCUT2D eigenvalue weighted by Gasteiger charge is 2.31. The van der Waals surface area contributed by atoms with Crippen LogP contribution in [0, 0.1) is 11.8 Å². The summed E-state index contributed by atoms with van der Waals surface area (Å²) in [6.45, 7) is 16.3. The normalized spacial score (nSPS) is 13.7. The van der Waals surface area contributed by atoms with Crippen molar-refractivity contribution in [2.75, 3.05) is 6.61 Å². The minimum atomic E-state index is -1.69. The number of carbonyl (C=O) groups excluding carboxylic acids is 1. The first-order chi connectivity index (χ1) is 16.1. The summed E-state index contributed by atoms with van der Waals surface area (Å²) in [5.74, 6) is 6.29. The Morgan fingerprint density at radius 1 is 1.12 bits per heavy atom. The third-order valence-electron chi connectivity index (χ3n) is 5.50. The van der Waals surface area contributed by atoms with Crippen LogP contribution in [0.25, 0.3) is 5.57 Å². The highest BCUT2D eigenvalue weighted by Crippen LogP contribution is 2.34. The molecule has 1 heterocycles. The third kappa shape index (κ3) is 6.71. The Bertz CT molecular complexity index is 1060. The number of benzene rings is 1. The third-order valence-corrected chi connectivity index (χ3v) is 6.79. The lowest BCUT2D eigenvalue weighted by Crippen LogP contribution is -2.40. The fourth-order valence-corrected chi connectivity index (χ4v) is 5.20. The molecule has 2 atom stereocenters. The Labute approximate surface area is 206 Å². The van der Waals surface area contributed by atoms with Crippen molar-refractivity contribution < 1.29 is 18.2 Å². The van der Waals surface area contributed by atoms with Crippen molar-refractivity contribution in [1.29, 1.82) is 0 Å². The number of allylic oxidation sites excluding steroid dienone is 1. The average Bonchev–Trinajstić information content (AvgIpc) is 3.32. The second-order valence-corrected chi connectivity index (χ2v) is 10.2. The van der Waals surface area contributed by atoms with Crippen LogP contribution in [0.2, 0.25) is 0 Å². The molecule has 0 saturated heterocycles. The van der Waals surface area contributed by atoms with Gasteiger partial charge in [0.05, 0.1) is 17.8 Å². The van der Waals surface area contributed by atoms with Crippen LogP contribution in [0.4, 0.5) is 0 Å². The summed E-state index contributed by atoms with van der Waals surface area (Å²) in [6, 6.07) is 6.75. The SMILES string of the molecule is CC#C/C=C(\c1ccco1)[C@H](N[S@@](=O)c1c(C(C)C)cc(C(C)C)cc1C(C)C)C(=O)OCC. The van der Waals surface area contributed by atoms with Gasteiger partial charge in [0, 0.05) is 5.57 Å². The molecule has 0 radical (unpaired) electrons. The van der Waals surface area contributed by atoms with Gasteiger partial charge in [0.2, 0.25) is 0 Å². The molecule has 0 aliphatic carbocycles. The number of ether oxygens (including phenoxy) is 1. The van der Waals surface area contributed by atoms with E-state index >= 15 is 0 Å². The summed E-state index contributed by atoms with van der Waals surface area (Å²) in [7, 11) is -1.69. The Morgan fingerprint density at radius 2 is 1.74 bits per heavy atom. The summed E-state index contributed by atoms with van der Waals surface area (Å²) in [4.78, 5) is 13.8. The molecule has 0 spiro atoms. The molecule has 1 aromatic heterocycles. The van der Waals surface area contributed by atoms with Crippen molar-refractivity contribution in [1.82, 2.24) is 4.72 Å². The Hall–Kier alpha value is -2.62. The van der Waals surface area contributed by atoms with Crippen molar-refractivity contribution >= 4 is 22.5 Å². The van der Waals surface area contributed by atoms with E-state index in [9.17, 15) is 9.00 Å². The van der Waals surface area contributed by atoms with Crippen LogP contribution < -0.4 is 4.72 Å². The molecular weight excluding hydrogens is 446 g/mol. The van der Waals surface area contributed by atoms with Gasteiger partial charge in [-0.05, 0) is 66.5 Å². The number of esters is 1. The summed E-state index contributed by atoms with van der Waals surface area (Å²) >= 11 is 0. The van der Waals surface area contributed by atoms with Crippen LogP contribution in [-0.2, 0) is 20.5 Å². The lowest BCUT2D eigenvalue weighted by molar-refractivity contribution is -0.143. The summed E-state index contributed by atoms with van der Waals surface area (Å²) in [5, 5.41) is 0. The van der Waals surface area contributed by atoms with E-state index in [1.165, 1.54) is 11.8 Å². The van der Waals surface area contributed by atoms with Crippen LogP contribution >= 0.6 is 0 Å². The van der Waals surface area contributed by atoms with Crippen molar-refractivity contribution in [3.8, 4) is 11.8 Å². The van der Waals surface area contributed by atoms with Gasteiger partial charge in [-0.3, -0.25) is 0 Å². The van der Waals surface area contributed by atoms with Crippen molar-refractivity contribution in [2.24, 2.45) is 0 Å². The number of furan rings is 1.